The molecule has 0 amide bonds. The number of hydrogen-bond donors (Lipinski definition) is 2. The van der Waals surface area contributed by atoms with E-state index in [1.807, 2.05) is 24.3 Å². The van der Waals surface area contributed by atoms with Crippen LogP contribution < -0.4 is 5.73 Å². The average Bonchev–Trinajstić information content (AvgIpc) is 2.97. The number of aliphatic carboxylic acids is 1. The molecule has 2 atom stereocenters. The van der Waals surface area contributed by atoms with Gasteiger partial charge in [-0.05, 0) is 40.8 Å². The highest BCUT2D eigenvalue weighted by molar-refractivity contribution is 5.76. The number of carboxylic acid groups (broad SMARTS) is 1. The van der Waals surface area contributed by atoms with Crippen LogP contribution in [0.1, 0.15) is 28.2 Å². The second kappa shape index (κ2) is 5.73. The van der Waals surface area contributed by atoms with E-state index in [0.717, 1.165) is 17.5 Å². The minimum Gasteiger partial charge on any atom is -0.480 e. The SMILES string of the molecule is N[C@H](C(=O)O)[C@@H](c1ccc(F)cc1)c1ccc2c(c1)C=CC2. The van der Waals surface area contributed by atoms with E-state index >= 15 is 0 Å². The molecule has 3 rings (SSSR count). The Balaban J connectivity index is 2.07. The van der Waals surface area contributed by atoms with Crippen molar-refractivity contribution < 1.29 is 14.3 Å². The molecule has 3 N–H and O–H groups in total. The summed E-state index contributed by atoms with van der Waals surface area (Å²) in [7, 11) is 0. The normalized spacial score (nSPS) is 15.4. The van der Waals surface area contributed by atoms with Crippen molar-refractivity contribution in [3.05, 3.63) is 76.6 Å². The molecule has 3 nitrogen and oxygen atoms in total. The molecule has 112 valence electrons. The first-order valence-electron chi connectivity index (χ1n) is 7.09. The number of benzene rings is 2. The Bertz CT molecular complexity index is 737. The van der Waals surface area contributed by atoms with Gasteiger partial charge >= 0.3 is 5.97 Å². The van der Waals surface area contributed by atoms with Crippen molar-refractivity contribution >= 4 is 12.0 Å². The van der Waals surface area contributed by atoms with Crippen LogP contribution in [0.4, 0.5) is 4.39 Å². The van der Waals surface area contributed by atoms with Crippen molar-refractivity contribution in [2.45, 2.75) is 18.4 Å². The van der Waals surface area contributed by atoms with Gasteiger partial charge in [-0.3, -0.25) is 4.79 Å². The molecule has 0 unspecified atom stereocenters. The van der Waals surface area contributed by atoms with Crippen molar-refractivity contribution in [3.63, 3.8) is 0 Å². The molecule has 0 fully saturated rings. The maximum atomic E-state index is 13.1. The van der Waals surface area contributed by atoms with Crippen LogP contribution in [0, 0.1) is 5.82 Å². The summed E-state index contributed by atoms with van der Waals surface area (Å²) in [5.41, 5.74) is 9.71. The van der Waals surface area contributed by atoms with Crippen LogP contribution in [0.5, 0.6) is 0 Å². The van der Waals surface area contributed by atoms with E-state index < -0.39 is 17.9 Å². The number of rotatable bonds is 4. The molecule has 0 spiro atoms. The number of fused-ring (bicyclic) bond motifs is 1. The van der Waals surface area contributed by atoms with Gasteiger partial charge in [-0.2, -0.15) is 0 Å². The lowest BCUT2D eigenvalue weighted by Crippen LogP contribution is -2.37. The first kappa shape index (κ1) is 14.5. The first-order chi connectivity index (χ1) is 10.6. The molecule has 0 saturated carbocycles. The van der Waals surface area contributed by atoms with E-state index in [0.29, 0.717) is 5.56 Å². The topological polar surface area (TPSA) is 63.3 Å². The van der Waals surface area contributed by atoms with E-state index in [2.05, 4.69) is 6.08 Å². The van der Waals surface area contributed by atoms with E-state index in [1.165, 1.54) is 17.7 Å². The standard InChI is InChI=1S/C18H16FNO2/c19-15-8-6-12(7-9-15)16(17(20)18(21)22)14-5-4-11-2-1-3-13(11)10-14/h1,3-10,16-17H,2,20H2,(H,21,22)/t16-,17-/m0/s1. The molecule has 0 heterocycles. The molecule has 2 aromatic rings. The number of carboxylic acids is 1. The van der Waals surface area contributed by atoms with Gasteiger partial charge in [0.05, 0.1) is 0 Å². The monoisotopic (exact) mass is 297 g/mol. The Morgan fingerprint density at radius 2 is 1.82 bits per heavy atom. The summed E-state index contributed by atoms with van der Waals surface area (Å²) < 4.78 is 13.1. The molecule has 4 heteroatoms. The van der Waals surface area contributed by atoms with Gasteiger partial charge in [-0.1, -0.05) is 42.5 Å². The Labute approximate surface area is 127 Å². The lowest BCUT2D eigenvalue weighted by Gasteiger charge is -2.22. The lowest BCUT2D eigenvalue weighted by atomic mass is 9.84. The second-order valence-corrected chi connectivity index (χ2v) is 5.46. The quantitative estimate of drug-likeness (QED) is 0.912. The largest absolute Gasteiger partial charge is 0.480 e. The van der Waals surface area contributed by atoms with Crippen LogP contribution in [0.25, 0.3) is 6.08 Å². The van der Waals surface area contributed by atoms with Crippen LogP contribution in [0.2, 0.25) is 0 Å². The summed E-state index contributed by atoms with van der Waals surface area (Å²) in [6.07, 6.45) is 4.98. The minimum atomic E-state index is -1.09. The van der Waals surface area contributed by atoms with Gasteiger partial charge in [0.15, 0.2) is 0 Å². The van der Waals surface area contributed by atoms with Crippen molar-refractivity contribution in [3.8, 4) is 0 Å². The Hall–Kier alpha value is -2.46. The number of allylic oxidation sites excluding steroid dienone is 1. The molecule has 0 radical (unpaired) electrons. The lowest BCUT2D eigenvalue weighted by molar-refractivity contribution is -0.138. The summed E-state index contributed by atoms with van der Waals surface area (Å²) in [6.45, 7) is 0. The summed E-state index contributed by atoms with van der Waals surface area (Å²) in [4.78, 5) is 11.4. The predicted octanol–water partition coefficient (Wildman–Crippen LogP) is 2.94. The van der Waals surface area contributed by atoms with Gasteiger partial charge in [0.25, 0.3) is 0 Å². The van der Waals surface area contributed by atoms with Crippen LogP contribution in [0.15, 0.2) is 48.5 Å². The highest BCUT2D eigenvalue weighted by Gasteiger charge is 2.28. The smallest absolute Gasteiger partial charge is 0.321 e. The molecular formula is C18H16FNO2. The van der Waals surface area contributed by atoms with Crippen LogP contribution in [-0.2, 0) is 11.2 Å². The van der Waals surface area contributed by atoms with E-state index in [1.54, 1.807) is 12.1 Å². The molecule has 0 aromatic heterocycles. The molecule has 22 heavy (non-hydrogen) atoms. The number of nitrogens with two attached hydrogens (primary N) is 1. The fourth-order valence-corrected chi connectivity index (χ4v) is 2.88. The average molecular weight is 297 g/mol. The van der Waals surface area contributed by atoms with Gasteiger partial charge < -0.3 is 10.8 Å². The van der Waals surface area contributed by atoms with Crippen LogP contribution in [0.3, 0.4) is 0 Å². The Morgan fingerprint density at radius 1 is 1.14 bits per heavy atom. The van der Waals surface area contributed by atoms with Crippen LogP contribution >= 0.6 is 0 Å². The molecule has 2 aromatic carbocycles. The highest BCUT2D eigenvalue weighted by Crippen LogP contribution is 2.31. The van der Waals surface area contributed by atoms with Crippen LogP contribution in [-0.4, -0.2) is 17.1 Å². The van der Waals surface area contributed by atoms with Gasteiger partial charge in [0.2, 0.25) is 0 Å². The third kappa shape index (κ3) is 2.65. The van der Waals surface area contributed by atoms with Crippen molar-refractivity contribution in [1.82, 2.24) is 0 Å². The van der Waals surface area contributed by atoms with Gasteiger partial charge in [-0.15, -0.1) is 0 Å². The fourth-order valence-electron chi connectivity index (χ4n) is 2.88. The zero-order chi connectivity index (χ0) is 15.7. The summed E-state index contributed by atoms with van der Waals surface area (Å²) in [5.74, 6) is -1.95. The molecule has 1 aliphatic rings. The maximum absolute atomic E-state index is 13.1. The zero-order valence-corrected chi connectivity index (χ0v) is 11.9. The van der Waals surface area contributed by atoms with Crippen molar-refractivity contribution in [2.75, 3.05) is 0 Å². The van der Waals surface area contributed by atoms with Gasteiger partial charge in [0.1, 0.15) is 11.9 Å². The van der Waals surface area contributed by atoms with Crippen molar-refractivity contribution in [1.29, 1.82) is 0 Å². The van der Waals surface area contributed by atoms with Crippen molar-refractivity contribution in [2.24, 2.45) is 5.73 Å². The second-order valence-electron chi connectivity index (χ2n) is 5.46. The highest BCUT2D eigenvalue weighted by atomic mass is 19.1. The van der Waals surface area contributed by atoms with Gasteiger partial charge in [0, 0.05) is 5.92 Å². The number of halogens is 1. The fraction of sp³-hybridized carbons (Fsp3) is 0.167. The zero-order valence-electron chi connectivity index (χ0n) is 11.9. The Morgan fingerprint density at radius 3 is 2.50 bits per heavy atom. The molecule has 0 bridgehead atoms. The summed E-state index contributed by atoms with van der Waals surface area (Å²) in [6, 6.07) is 10.6. The third-order valence-corrected chi connectivity index (χ3v) is 4.04. The Kier molecular flexibility index (Phi) is 3.77. The van der Waals surface area contributed by atoms with E-state index in [9.17, 15) is 14.3 Å². The molecule has 0 saturated heterocycles. The molecular weight excluding hydrogens is 281 g/mol. The van der Waals surface area contributed by atoms with E-state index in [4.69, 9.17) is 5.73 Å². The molecule has 1 aliphatic carbocycles. The third-order valence-electron chi connectivity index (χ3n) is 4.04. The van der Waals surface area contributed by atoms with E-state index in [-0.39, 0.29) is 5.82 Å². The molecule has 0 aliphatic heterocycles. The number of carbonyl (C=O) groups is 1. The summed E-state index contributed by atoms with van der Waals surface area (Å²) >= 11 is 0. The number of hydrogen-bond acceptors (Lipinski definition) is 2. The summed E-state index contributed by atoms with van der Waals surface area (Å²) in [5, 5.41) is 9.31. The maximum Gasteiger partial charge on any atom is 0.321 e. The van der Waals surface area contributed by atoms with Gasteiger partial charge in [-0.25, -0.2) is 4.39 Å². The predicted molar refractivity (Wildman–Crippen MR) is 83.0 cm³/mol. The minimum absolute atomic E-state index is 0.358. The first-order valence-corrected chi connectivity index (χ1v) is 7.09.